The molecule has 0 saturated heterocycles. The quantitative estimate of drug-likeness (QED) is 0.656. The monoisotopic (exact) mass is 300 g/mol. The Kier molecular flexibility index (Phi) is 3.68. The highest BCUT2D eigenvalue weighted by Crippen LogP contribution is 2.30. The molecule has 0 fully saturated rings. The van der Waals surface area contributed by atoms with Crippen molar-refractivity contribution >= 4 is 23.2 Å². The minimum atomic E-state index is 0.704. The summed E-state index contributed by atoms with van der Waals surface area (Å²) in [5.74, 6) is 0. The van der Waals surface area contributed by atoms with Crippen LogP contribution in [0.1, 0.15) is 0 Å². The summed E-state index contributed by atoms with van der Waals surface area (Å²) >= 11 is 11.9. The molecule has 0 N–H and O–H groups in total. The van der Waals surface area contributed by atoms with Crippen LogP contribution in [0.2, 0.25) is 10.0 Å². The molecule has 0 aliphatic heterocycles. The predicted octanol–water partition coefficient (Wildman–Crippen LogP) is 5.12. The second-order valence-corrected chi connectivity index (χ2v) is 5.17. The number of benzene rings is 2. The largest absolute Gasteiger partial charge is 0.244 e. The zero-order valence-corrected chi connectivity index (χ0v) is 11.9. The van der Waals surface area contributed by atoms with Crippen LogP contribution in [0.5, 0.6) is 0 Å². The zero-order valence-electron chi connectivity index (χ0n) is 10.4. The fourth-order valence-electron chi connectivity index (χ4n) is 2.01. The molecule has 3 aromatic rings. The van der Waals surface area contributed by atoms with Crippen molar-refractivity contribution in [3.8, 4) is 22.4 Å². The lowest BCUT2D eigenvalue weighted by molar-refractivity contribution is 1.17. The van der Waals surface area contributed by atoms with Crippen molar-refractivity contribution in [2.75, 3.05) is 0 Å². The van der Waals surface area contributed by atoms with Gasteiger partial charge in [0.05, 0.1) is 5.69 Å². The molecular formula is C16H10Cl2N2. The van der Waals surface area contributed by atoms with Gasteiger partial charge in [-0.3, -0.25) is 0 Å². The number of aromatic nitrogens is 2. The van der Waals surface area contributed by atoms with E-state index in [2.05, 4.69) is 9.97 Å². The van der Waals surface area contributed by atoms with Crippen molar-refractivity contribution in [2.24, 2.45) is 0 Å². The molecule has 98 valence electrons. The minimum Gasteiger partial charge on any atom is -0.244 e. The van der Waals surface area contributed by atoms with Crippen molar-refractivity contribution in [2.45, 2.75) is 0 Å². The van der Waals surface area contributed by atoms with Crippen LogP contribution in [0.3, 0.4) is 0 Å². The molecule has 2 aromatic carbocycles. The Morgan fingerprint density at radius 2 is 1.25 bits per heavy atom. The third-order valence-electron chi connectivity index (χ3n) is 2.99. The number of halogens is 2. The molecule has 0 unspecified atom stereocenters. The highest BCUT2D eigenvalue weighted by Gasteiger charge is 2.09. The normalized spacial score (nSPS) is 10.5. The van der Waals surface area contributed by atoms with Crippen LogP contribution in [-0.2, 0) is 0 Å². The summed E-state index contributed by atoms with van der Waals surface area (Å²) in [6, 6.07) is 15.2. The van der Waals surface area contributed by atoms with Gasteiger partial charge in [0.2, 0.25) is 0 Å². The second kappa shape index (κ2) is 5.61. The van der Waals surface area contributed by atoms with Crippen molar-refractivity contribution in [3.05, 3.63) is 71.1 Å². The van der Waals surface area contributed by atoms with E-state index >= 15 is 0 Å². The van der Waals surface area contributed by atoms with Gasteiger partial charge in [0, 0.05) is 27.4 Å². The van der Waals surface area contributed by atoms with Gasteiger partial charge in [0.25, 0.3) is 0 Å². The SMILES string of the molecule is Clc1ccc(-c2cncnc2-c2ccc(Cl)cc2)cc1. The molecule has 20 heavy (non-hydrogen) atoms. The Morgan fingerprint density at radius 1 is 0.700 bits per heavy atom. The topological polar surface area (TPSA) is 25.8 Å². The van der Waals surface area contributed by atoms with Crippen molar-refractivity contribution in [3.63, 3.8) is 0 Å². The lowest BCUT2D eigenvalue weighted by Crippen LogP contribution is -1.90. The van der Waals surface area contributed by atoms with Crippen LogP contribution in [-0.4, -0.2) is 9.97 Å². The standard InChI is InChI=1S/C16H10Cl2N2/c17-13-5-1-11(2-6-13)15-9-19-10-20-16(15)12-3-7-14(18)8-4-12/h1-10H. The molecule has 4 heteroatoms. The average molecular weight is 301 g/mol. The Bertz CT molecular complexity index is 658. The van der Waals surface area contributed by atoms with E-state index in [0.29, 0.717) is 10.0 Å². The highest BCUT2D eigenvalue weighted by atomic mass is 35.5. The maximum atomic E-state index is 5.93. The average Bonchev–Trinajstić information content (AvgIpc) is 2.49. The van der Waals surface area contributed by atoms with E-state index in [9.17, 15) is 0 Å². The predicted molar refractivity (Wildman–Crippen MR) is 82.9 cm³/mol. The van der Waals surface area contributed by atoms with Crippen molar-refractivity contribution in [1.29, 1.82) is 0 Å². The van der Waals surface area contributed by atoms with Gasteiger partial charge < -0.3 is 0 Å². The van der Waals surface area contributed by atoms with E-state index in [1.54, 1.807) is 12.5 Å². The number of hydrogen-bond acceptors (Lipinski definition) is 2. The first-order valence-electron chi connectivity index (χ1n) is 6.06. The van der Waals surface area contributed by atoms with Crippen molar-refractivity contribution in [1.82, 2.24) is 9.97 Å². The van der Waals surface area contributed by atoms with Crippen LogP contribution in [0, 0.1) is 0 Å². The van der Waals surface area contributed by atoms with Gasteiger partial charge in [0.15, 0.2) is 0 Å². The van der Waals surface area contributed by atoms with Crippen molar-refractivity contribution < 1.29 is 0 Å². The third-order valence-corrected chi connectivity index (χ3v) is 3.49. The smallest absolute Gasteiger partial charge is 0.116 e. The van der Waals surface area contributed by atoms with Gasteiger partial charge in [-0.05, 0) is 29.8 Å². The van der Waals surface area contributed by atoms with Crippen LogP contribution in [0.4, 0.5) is 0 Å². The van der Waals surface area contributed by atoms with Gasteiger partial charge in [0.1, 0.15) is 6.33 Å². The number of hydrogen-bond donors (Lipinski definition) is 0. The Balaban J connectivity index is 2.13. The van der Waals surface area contributed by atoms with E-state index in [0.717, 1.165) is 22.4 Å². The molecule has 0 radical (unpaired) electrons. The van der Waals surface area contributed by atoms with Crippen LogP contribution in [0.25, 0.3) is 22.4 Å². The molecule has 0 amide bonds. The molecule has 1 aromatic heterocycles. The first-order valence-corrected chi connectivity index (χ1v) is 6.81. The Labute approximate surface area is 127 Å². The van der Waals surface area contributed by atoms with Crippen LogP contribution in [0.15, 0.2) is 61.1 Å². The first-order chi connectivity index (χ1) is 9.74. The molecule has 0 atom stereocenters. The maximum absolute atomic E-state index is 5.93. The van der Waals surface area contributed by atoms with Crippen LogP contribution < -0.4 is 0 Å². The van der Waals surface area contributed by atoms with Gasteiger partial charge in [-0.2, -0.15) is 0 Å². The summed E-state index contributed by atoms with van der Waals surface area (Å²) < 4.78 is 0. The first kappa shape index (κ1) is 13.1. The maximum Gasteiger partial charge on any atom is 0.116 e. The van der Waals surface area contributed by atoms with E-state index in [-0.39, 0.29) is 0 Å². The van der Waals surface area contributed by atoms with E-state index in [1.165, 1.54) is 0 Å². The molecule has 0 bridgehead atoms. The van der Waals surface area contributed by atoms with Gasteiger partial charge >= 0.3 is 0 Å². The summed E-state index contributed by atoms with van der Waals surface area (Å²) in [5, 5.41) is 1.41. The Hall–Kier alpha value is -1.90. The summed E-state index contributed by atoms with van der Waals surface area (Å²) in [7, 11) is 0. The lowest BCUT2D eigenvalue weighted by Gasteiger charge is -2.08. The molecular weight excluding hydrogens is 291 g/mol. The van der Waals surface area contributed by atoms with Gasteiger partial charge in [-0.25, -0.2) is 9.97 Å². The number of nitrogens with zero attached hydrogens (tertiary/aromatic N) is 2. The molecule has 0 spiro atoms. The summed E-state index contributed by atoms with van der Waals surface area (Å²) in [6.07, 6.45) is 3.35. The minimum absolute atomic E-state index is 0.704. The summed E-state index contributed by atoms with van der Waals surface area (Å²) in [6.45, 7) is 0. The van der Waals surface area contributed by atoms with E-state index < -0.39 is 0 Å². The zero-order chi connectivity index (χ0) is 13.9. The summed E-state index contributed by atoms with van der Waals surface area (Å²) in [4.78, 5) is 8.51. The fraction of sp³-hybridized carbons (Fsp3) is 0. The molecule has 0 aliphatic carbocycles. The Morgan fingerprint density at radius 3 is 1.85 bits per heavy atom. The molecule has 0 saturated carbocycles. The molecule has 0 aliphatic rings. The van der Waals surface area contributed by atoms with Gasteiger partial charge in [-0.1, -0.05) is 47.5 Å². The number of rotatable bonds is 2. The second-order valence-electron chi connectivity index (χ2n) is 4.30. The fourth-order valence-corrected chi connectivity index (χ4v) is 2.26. The third kappa shape index (κ3) is 2.67. The van der Waals surface area contributed by atoms with E-state index in [1.807, 2.05) is 48.5 Å². The van der Waals surface area contributed by atoms with E-state index in [4.69, 9.17) is 23.2 Å². The lowest BCUT2D eigenvalue weighted by atomic mass is 10.0. The molecule has 1 heterocycles. The highest BCUT2D eigenvalue weighted by molar-refractivity contribution is 6.31. The summed E-state index contributed by atoms with van der Waals surface area (Å²) in [5.41, 5.74) is 3.87. The van der Waals surface area contributed by atoms with Crippen LogP contribution >= 0.6 is 23.2 Å². The van der Waals surface area contributed by atoms with Gasteiger partial charge in [-0.15, -0.1) is 0 Å². The molecule has 3 rings (SSSR count). The molecule has 2 nitrogen and oxygen atoms in total.